The summed E-state index contributed by atoms with van der Waals surface area (Å²) in [5, 5.41) is 29.3. The van der Waals surface area contributed by atoms with Gasteiger partial charge in [-0.1, -0.05) is 22.9 Å². The van der Waals surface area contributed by atoms with Gasteiger partial charge in [-0.05, 0) is 0 Å². The summed E-state index contributed by atoms with van der Waals surface area (Å²) < 4.78 is 5.24. The number of hydrogen-bond donors (Lipinski definition) is 3. The monoisotopic (exact) mass is 349 g/mol. The van der Waals surface area contributed by atoms with Gasteiger partial charge in [-0.2, -0.15) is 0 Å². The molecular weight excluding hydrogens is 336 g/mol. The first-order valence-electron chi connectivity index (χ1n) is 5.06. The number of nitrogens with zero attached hydrogens (tertiary/aromatic N) is 3. The van der Waals surface area contributed by atoms with Crippen LogP contribution in [0.5, 0.6) is 0 Å². The maximum atomic E-state index is 9.10. The van der Waals surface area contributed by atoms with Crippen LogP contribution in [-0.2, 0) is 32.1 Å². The minimum absolute atomic E-state index is 0. The number of allylic oxidation sites excluding steroid dienone is 2. The standard InChI is InChI=1S/C8H9N4O.C2H2O4.Cu.H2O/c1-9-8-12-11-7(13-8)6-4-2-3-5-10-6;3-1(4)2(5)6;;/h2-4H,5H2,1H3,(H,9,12);(H,3,4)(H,5,6);;1H2/q-1;;+1;/p+1. The Morgan fingerprint density at radius 1 is 1.33 bits per heavy atom. The van der Waals surface area contributed by atoms with E-state index >= 15 is 0 Å². The van der Waals surface area contributed by atoms with E-state index < -0.39 is 11.9 Å². The molecule has 0 atom stereocenters. The van der Waals surface area contributed by atoms with E-state index in [0.717, 1.165) is 5.70 Å². The molecule has 1 aliphatic rings. The smallest absolute Gasteiger partial charge is 0.677 e. The fraction of sp³-hybridized carbons (Fsp3) is 0.200. The Hall–Kier alpha value is -2.36. The van der Waals surface area contributed by atoms with E-state index in [1.165, 1.54) is 0 Å². The minimum atomic E-state index is -1.82. The first kappa shape index (κ1) is 20.9. The van der Waals surface area contributed by atoms with Crippen LogP contribution in [-0.4, -0.2) is 45.9 Å². The van der Waals surface area contributed by atoms with Gasteiger partial charge in [0.15, 0.2) is 0 Å². The van der Waals surface area contributed by atoms with Gasteiger partial charge >= 0.3 is 35.0 Å². The van der Waals surface area contributed by atoms with E-state index in [-0.39, 0.29) is 22.5 Å². The van der Waals surface area contributed by atoms with Crippen LogP contribution in [0.3, 0.4) is 0 Å². The topological polar surface area (TPSA) is 173 Å². The first-order valence-corrected chi connectivity index (χ1v) is 5.06. The molecule has 0 fully saturated rings. The molecule has 0 spiro atoms. The summed E-state index contributed by atoms with van der Waals surface area (Å²) in [4.78, 5) is 18.2. The van der Waals surface area contributed by atoms with Crippen LogP contribution in [0, 0.1) is 0 Å². The zero-order chi connectivity index (χ0) is 14.3. The summed E-state index contributed by atoms with van der Waals surface area (Å²) >= 11 is 0. The van der Waals surface area contributed by atoms with Crippen molar-refractivity contribution in [3.8, 4) is 0 Å². The van der Waals surface area contributed by atoms with Crippen molar-refractivity contribution in [3.05, 3.63) is 29.4 Å². The molecule has 0 aromatic carbocycles. The zero-order valence-corrected chi connectivity index (χ0v) is 11.7. The van der Waals surface area contributed by atoms with Crippen LogP contribution in [0.25, 0.3) is 11.0 Å². The van der Waals surface area contributed by atoms with Crippen LogP contribution >= 0.6 is 0 Å². The number of carboxylic acid groups (broad SMARTS) is 2. The molecule has 1 aromatic heterocycles. The molecule has 6 N–H and O–H groups in total. The Kier molecular flexibility index (Phi) is 10.4. The maximum absolute atomic E-state index is 9.10. The predicted molar refractivity (Wildman–Crippen MR) is 69.3 cm³/mol. The third-order valence-electron chi connectivity index (χ3n) is 1.80. The zero-order valence-electron chi connectivity index (χ0n) is 10.8. The van der Waals surface area contributed by atoms with Gasteiger partial charge in [-0.3, -0.25) is 0 Å². The van der Waals surface area contributed by atoms with Gasteiger partial charge in [0.2, 0.25) is 5.89 Å². The molecule has 11 heteroatoms. The third-order valence-corrected chi connectivity index (χ3v) is 1.80. The largest absolute Gasteiger partial charge is 1.00 e. The van der Waals surface area contributed by atoms with E-state index in [1.807, 2.05) is 18.2 Å². The van der Waals surface area contributed by atoms with Crippen molar-refractivity contribution >= 4 is 23.7 Å². The van der Waals surface area contributed by atoms with Crippen LogP contribution < -0.4 is 5.32 Å². The second-order valence-electron chi connectivity index (χ2n) is 3.09. The Bertz CT molecular complexity index is 515. The fourth-order valence-corrected chi connectivity index (χ4v) is 0.990. The molecule has 0 radical (unpaired) electrons. The van der Waals surface area contributed by atoms with Gasteiger partial charge in [-0.15, -0.1) is 17.7 Å². The maximum Gasteiger partial charge on any atom is 1.00 e. The van der Waals surface area contributed by atoms with Crippen LogP contribution in [0.15, 0.2) is 22.6 Å². The van der Waals surface area contributed by atoms with E-state index in [2.05, 4.69) is 20.8 Å². The van der Waals surface area contributed by atoms with E-state index in [0.29, 0.717) is 18.5 Å². The molecule has 120 valence electrons. The molecule has 2 rings (SSSR count). The SMILES string of the molecule is CNc1nnc(C2=CC=CC[N-]2)o1.O=C(O)C(=O)O.[Cu+].[OH3+]. The van der Waals surface area contributed by atoms with Crippen LogP contribution in [0.2, 0.25) is 0 Å². The molecule has 1 aromatic rings. The van der Waals surface area contributed by atoms with Gasteiger partial charge < -0.3 is 30.7 Å². The molecule has 0 unspecified atom stereocenters. The van der Waals surface area contributed by atoms with E-state index in [9.17, 15) is 0 Å². The molecule has 2 heterocycles. The van der Waals surface area contributed by atoms with Crippen LogP contribution in [0.4, 0.5) is 6.01 Å². The molecule has 1 aliphatic heterocycles. The normalized spacial score (nSPS) is 11.4. The van der Waals surface area contributed by atoms with Gasteiger partial charge in [0.25, 0.3) is 0 Å². The summed E-state index contributed by atoms with van der Waals surface area (Å²) in [6.45, 7) is 0.670. The van der Waals surface area contributed by atoms with Crippen molar-refractivity contribution in [2.75, 3.05) is 18.9 Å². The third kappa shape index (κ3) is 7.11. The first-order chi connectivity index (χ1) is 9.04. The van der Waals surface area contributed by atoms with Crippen molar-refractivity contribution < 1.29 is 46.8 Å². The van der Waals surface area contributed by atoms with E-state index in [1.54, 1.807) is 7.05 Å². The summed E-state index contributed by atoms with van der Waals surface area (Å²) in [5.74, 6) is -3.20. The number of aromatic nitrogens is 2. The van der Waals surface area contributed by atoms with E-state index in [4.69, 9.17) is 24.2 Å². The Morgan fingerprint density at radius 3 is 2.33 bits per heavy atom. The average molecular weight is 350 g/mol. The molecule has 10 nitrogen and oxygen atoms in total. The Morgan fingerprint density at radius 2 is 1.95 bits per heavy atom. The Labute approximate surface area is 129 Å². The Balaban J connectivity index is 0. The summed E-state index contributed by atoms with van der Waals surface area (Å²) in [6, 6.07) is 0.403. The molecule has 0 saturated heterocycles. The molecule has 0 aliphatic carbocycles. The number of carbonyl (C=O) groups is 2. The molecule has 21 heavy (non-hydrogen) atoms. The molecule has 0 amide bonds. The number of rotatable bonds is 2. The quantitative estimate of drug-likeness (QED) is 0.368. The van der Waals surface area contributed by atoms with Gasteiger partial charge in [0.05, 0.1) is 0 Å². The molecule has 0 saturated carbocycles. The second-order valence-corrected chi connectivity index (χ2v) is 3.09. The van der Waals surface area contributed by atoms with Crippen LogP contribution in [0.1, 0.15) is 5.89 Å². The van der Waals surface area contributed by atoms with Crippen molar-refractivity contribution in [2.24, 2.45) is 0 Å². The molecule has 0 bridgehead atoms. The van der Waals surface area contributed by atoms with Crippen molar-refractivity contribution in [1.82, 2.24) is 10.2 Å². The fourth-order valence-electron chi connectivity index (χ4n) is 0.990. The van der Waals surface area contributed by atoms with Crippen molar-refractivity contribution in [2.45, 2.75) is 0 Å². The number of nitrogens with one attached hydrogen (secondary N) is 1. The van der Waals surface area contributed by atoms with Crippen molar-refractivity contribution in [1.29, 1.82) is 0 Å². The van der Waals surface area contributed by atoms with Gasteiger partial charge in [0.1, 0.15) is 0 Å². The van der Waals surface area contributed by atoms with Gasteiger partial charge in [-0.25, -0.2) is 9.59 Å². The number of carboxylic acids is 2. The average Bonchev–Trinajstić information content (AvgIpc) is 2.89. The number of anilines is 1. The summed E-state index contributed by atoms with van der Waals surface area (Å²) in [7, 11) is 1.73. The number of hydrogen-bond acceptors (Lipinski definition) is 6. The minimum Gasteiger partial charge on any atom is -0.677 e. The number of aliphatic carboxylic acids is 2. The molecular formula is C10H14CuN4O6+. The second kappa shape index (κ2) is 10.4. The van der Waals surface area contributed by atoms with Gasteiger partial charge in [0, 0.05) is 7.05 Å². The van der Waals surface area contributed by atoms with Crippen molar-refractivity contribution in [3.63, 3.8) is 0 Å². The summed E-state index contributed by atoms with van der Waals surface area (Å²) in [6.07, 6.45) is 5.72. The summed E-state index contributed by atoms with van der Waals surface area (Å²) in [5.41, 5.74) is 0.733. The predicted octanol–water partition coefficient (Wildman–Crippen LogP) is -0.373.